The molecule has 1 saturated heterocycles. The van der Waals surface area contributed by atoms with Gasteiger partial charge >= 0.3 is 0 Å². The second-order valence-electron chi connectivity index (χ2n) is 3.32. The Kier molecular flexibility index (Phi) is 3.53. The quantitative estimate of drug-likeness (QED) is 0.658. The van der Waals surface area contributed by atoms with Crippen molar-refractivity contribution in [3.8, 4) is 0 Å². The van der Waals surface area contributed by atoms with Gasteiger partial charge in [0.05, 0.1) is 0 Å². The van der Waals surface area contributed by atoms with Crippen LogP contribution in [0.5, 0.6) is 0 Å². The number of likely N-dealkylation sites (tertiary alicyclic amines) is 1. The number of carbonyl (C=O) groups is 1. The average molecular weight is 170 g/mol. The summed E-state index contributed by atoms with van der Waals surface area (Å²) in [4.78, 5) is 13.3. The summed E-state index contributed by atoms with van der Waals surface area (Å²) in [5.41, 5.74) is 0. The summed E-state index contributed by atoms with van der Waals surface area (Å²) >= 11 is 0. The maximum atomic E-state index is 11.3. The van der Waals surface area contributed by atoms with Gasteiger partial charge in [-0.25, -0.2) is 0 Å². The predicted octanol–water partition coefficient (Wildman–Crippen LogP) is 0.607. The molecule has 1 atom stereocenters. The second kappa shape index (κ2) is 4.45. The fourth-order valence-electron chi connectivity index (χ4n) is 1.66. The topological polar surface area (TPSA) is 32.3 Å². The zero-order valence-electron chi connectivity index (χ0n) is 7.97. The van der Waals surface area contributed by atoms with Crippen LogP contribution in [-0.2, 0) is 4.79 Å². The van der Waals surface area contributed by atoms with Gasteiger partial charge in [-0.3, -0.25) is 4.79 Å². The van der Waals surface area contributed by atoms with Crippen molar-refractivity contribution < 1.29 is 4.79 Å². The molecule has 0 aromatic rings. The van der Waals surface area contributed by atoms with E-state index in [4.69, 9.17) is 0 Å². The van der Waals surface area contributed by atoms with Crippen molar-refractivity contribution in [3.63, 3.8) is 0 Å². The molecule has 0 unspecified atom stereocenters. The first-order chi connectivity index (χ1) is 5.77. The summed E-state index contributed by atoms with van der Waals surface area (Å²) in [5.74, 6) is 0.287. The van der Waals surface area contributed by atoms with Gasteiger partial charge in [0.1, 0.15) is 0 Å². The number of hydrogen-bond donors (Lipinski definition) is 1. The normalized spacial score (nSPS) is 24.2. The SMILES string of the molecule is CCC(=O)N1CCC[C@H](NC)C1. The van der Waals surface area contributed by atoms with Gasteiger partial charge in [0.2, 0.25) is 5.91 Å². The molecular weight excluding hydrogens is 152 g/mol. The van der Waals surface area contributed by atoms with Crippen molar-refractivity contribution >= 4 is 5.91 Å². The van der Waals surface area contributed by atoms with Gasteiger partial charge in [-0.2, -0.15) is 0 Å². The Morgan fingerprint density at radius 1 is 1.67 bits per heavy atom. The lowest BCUT2D eigenvalue weighted by molar-refractivity contribution is -0.132. The maximum Gasteiger partial charge on any atom is 0.222 e. The van der Waals surface area contributed by atoms with Crippen LogP contribution in [0.4, 0.5) is 0 Å². The van der Waals surface area contributed by atoms with E-state index in [1.54, 1.807) is 0 Å². The van der Waals surface area contributed by atoms with Crippen molar-refractivity contribution in [2.24, 2.45) is 0 Å². The van der Waals surface area contributed by atoms with Crippen molar-refractivity contribution in [1.82, 2.24) is 10.2 Å². The molecular formula is C9H18N2O. The molecule has 1 amide bonds. The van der Waals surface area contributed by atoms with E-state index in [9.17, 15) is 4.79 Å². The Balaban J connectivity index is 2.40. The molecule has 3 nitrogen and oxygen atoms in total. The van der Waals surface area contributed by atoms with E-state index in [1.807, 2.05) is 18.9 Å². The molecule has 70 valence electrons. The van der Waals surface area contributed by atoms with E-state index < -0.39 is 0 Å². The monoisotopic (exact) mass is 170 g/mol. The molecule has 1 aliphatic rings. The zero-order chi connectivity index (χ0) is 8.97. The van der Waals surface area contributed by atoms with Gasteiger partial charge in [-0.05, 0) is 19.9 Å². The Bertz CT molecular complexity index is 159. The summed E-state index contributed by atoms with van der Waals surface area (Å²) in [6, 6.07) is 0.509. The van der Waals surface area contributed by atoms with E-state index in [1.165, 1.54) is 6.42 Å². The highest BCUT2D eigenvalue weighted by atomic mass is 16.2. The summed E-state index contributed by atoms with van der Waals surface area (Å²) in [5, 5.41) is 3.22. The van der Waals surface area contributed by atoms with Crippen molar-refractivity contribution in [1.29, 1.82) is 0 Å². The van der Waals surface area contributed by atoms with Gasteiger partial charge in [0.25, 0.3) is 0 Å². The standard InChI is InChI=1S/C9H18N2O/c1-3-9(12)11-6-4-5-8(7-11)10-2/h8,10H,3-7H2,1-2H3/t8-/m0/s1. The van der Waals surface area contributed by atoms with Gasteiger partial charge < -0.3 is 10.2 Å². The van der Waals surface area contributed by atoms with Crippen LogP contribution in [0.1, 0.15) is 26.2 Å². The Hall–Kier alpha value is -0.570. The minimum absolute atomic E-state index is 0.287. The summed E-state index contributed by atoms with van der Waals surface area (Å²) < 4.78 is 0. The Morgan fingerprint density at radius 3 is 3.00 bits per heavy atom. The highest BCUT2D eigenvalue weighted by molar-refractivity contribution is 5.75. The van der Waals surface area contributed by atoms with Crippen LogP contribution in [0, 0.1) is 0 Å². The molecule has 0 saturated carbocycles. The number of nitrogens with one attached hydrogen (secondary N) is 1. The summed E-state index contributed by atoms with van der Waals surface area (Å²) in [6.07, 6.45) is 2.97. The van der Waals surface area contributed by atoms with Gasteiger partial charge in [0.15, 0.2) is 0 Å². The fourth-order valence-corrected chi connectivity index (χ4v) is 1.66. The average Bonchev–Trinajstić information content (AvgIpc) is 2.17. The molecule has 0 aromatic carbocycles. The van der Waals surface area contributed by atoms with Crippen LogP contribution in [0.3, 0.4) is 0 Å². The van der Waals surface area contributed by atoms with Crippen LogP contribution < -0.4 is 5.32 Å². The van der Waals surface area contributed by atoms with E-state index in [2.05, 4.69) is 5.32 Å². The number of piperidine rings is 1. The molecule has 0 aromatic heterocycles. The van der Waals surface area contributed by atoms with Crippen LogP contribution in [-0.4, -0.2) is 37.0 Å². The first-order valence-corrected chi connectivity index (χ1v) is 4.73. The maximum absolute atomic E-state index is 11.3. The second-order valence-corrected chi connectivity index (χ2v) is 3.32. The minimum atomic E-state index is 0.287. The number of nitrogens with zero attached hydrogens (tertiary/aromatic N) is 1. The van der Waals surface area contributed by atoms with Crippen molar-refractivity contribution in [2.45, 2.75) is 32.2 Å². The number of amides is 1. The molecule has 1 fully saturated rings. The van der Waals surface area contributed by atoms with Crippen molar-refractivity contribution in [2.75, 3.05) is 20.1 Å². The highest BCUT2D eigenvalue weighted by Crippen LogP contribution is 2.10. The van der Waals surface area contributed by atoms with Crippen LogP contribution >= 0.6 is 0 Å². The molecule has 3 heteroatoms. The largest absolute Gasteiger partial charge is 0.341 e. The molecule has 1 heterocycles. The number of carbonyl (C=O) groups excluding carboxylic acids is 1. The van der Waals surface area contributed by atoms with Gasteiger partial charge in [0, 0.05) is 25.6 Å². The molecule has 1 N–H and O–H groups in total. The predicted molar refractivity (Wildman–Crippen MR) is 49.0 cm³/mol. The Labute approximate surface area is 74.1 Å². The molecule has 0 spiro atoms. The van der Waals surface area contributed by atoms with Crippen LogP contribution in [0.2, 0.25) is 0 Å². The molecule has 0 radical (unpaired) electrons. The van der Waals surface area contributed by atoms with Gasteiger partial charge in [-0.1, -0.05) is 6.92 Å². The lowest BCUT2D eigenvalue weighted by atomic mass is 10.1. The third kappa shape index (κ3) is 2.21. The zero-order valence-corrected chi connectivity index (χ0v) is 7.97. The van der Waals surface area contributed by atoms with Crippen molar-refractivity contribution in [3.05, 3.63) is 0 Å². The van der Waals surface area contributed by atoms with E-state index in [-0.39, 0.29) is 5.91 Å². The van der Waals surface area contributed by atoms with E-state index >= 15 is 0 Å². The highest BCUT2D eigenvalue weighted by Gasteiger charge is 2.20. The number of hydrogen-bond acceptors (Lipinski definition) is 2. The molecule has 1 rings (SSSR count). The van der Waals surface area contributed by atoms with E-state index in [0.717, 1.165) is 19.5 Å². The smallest absolute Gasteiger partial charge is 0.222 e. The first-order valence-electron chi connectivity index (χ1n) is 4.73. The van der Waals surface area contributed by atoms with Crippen LogP contribution in [0.25, 0.3) is 0 Å². The third-order valence-electron chi connectivity index (χ3n) is 2.48. The fraction of sp³-hybridized carbons (Fsp3) is 0.889. The molecule has 0 bridgehead atoms. The molecule has 0 aliphatic carbocycles. The molecule has 12 heavy (non-hydrogen) atoms. The Morgan fingerprint density at radius 2 is 2.42 bits per heavy atom. The van der Waals surface area contributed by atoms with Crippen LogP contribution in [0.15, 0.2) is 0 Å². The minimum Gasteiger partial charge on any atom is -0.341 e. The lowest BCUT2D eigenvalue weighted by Gasteiger charge is -2.32. The lowest BCUT2D eigenvalue weighted by Crippen LogP contribution is -2.46. The third-order valence-corrected chi connectivity index (χ3v) is 2.48. The first kappa shape index (κ1) is 9.52. The number of rotatable bonds is 2. The van der Waals surface area contributed by atoms with E-state index in [0.29, 0.717) is 12.5 Å². The van der Waals surface area contributed by atoms with Gasteiger partial charge in [-0.15, -0.1) is 0 Å². The summed E-state index contributed by atoms with van der Waals surface area (Å²) in [7, 11) is 1.96. The molecule has 1 aliphatic heterocycles. The summed E-state index contributed by atoms with van der Waals surface area (Å²) in [6.45, 7) is 3.76. The number of likely N-dealkylation sites (N-methyl/N-ethyl adjacent to an activating group) is 1.